The first-order valence-electron chi connectivity index (χ1n) is 5.37. The van der Waals surface area contributed by atoms with E-state index >= 15 is 0 Å². The number of fused-ring (bicyclic) bond motifs is 1. The van der Waals surface area contributed by atoms with Gasteiger partial charge < -0.3 is 4.74 Å². The fourth-order valence-electron chi connectivity index (χ4n) is 1.68. The predicted molar refractivity (Wildman–Crippen MR) is 67.4 cm³/mol. The molecule has 2 aromatic rings. The molecule has 88 valence electrons. The van der Waals surface area contributed by atoms with Crippen molar-refractivity contribution in [1.29, 1.82) is 0 Å². The van der Waals surface area contributed by atoms with Gasteiger partial charge in [0, 0.05) is 15.6 Å². The Bertz CT molecular complexity index is 557. The van der Waals surface area contributed by atoms with Gasteiger partial charge in [0.1, 0.15) is 6.42 Å². The van der Waals surface area contributed by atoms with E-state index in [1.165, 1.54) is 0 Å². The van der Waals surface area contributed by atoms with E-state index in [1.54, 1.807) is 24.3 Å². The van der Waals surface area contributed by atoms with Crippen LogP contribution in [0.4, 0.5) is 0 Å². The van der Waals surface area contributed by atoms with Gasteiger partial charge >= 0.3 is 5.97 Å². The third kappa shape index (κ3) is 2.53. The van der Waals surface area contributed by atoms with Crippen LogP contribution in [0.5, 0.6) is 0 Å². The highest BCUT2D eigenvalue weighted by atomic mass is 32.1. The Kier molecular flexibility index (Phi) is 3.54. The van der Waals surface area contributed by atoms with Gasteiger partial charge in [0.25, 0.3) is 0 Å². The summed E-state index contributed by atoms with van der Waals surface area (Å²) in [5.74, 6) is -0.655. The molecule has 0 unspecified atom stereocenters. The molecule has 0 aliphatic heterocycles. The lowest BCUT2D eigenvalue weighted by molar-refractivity contribution is -0.141. The molecule has 0 radical (unpaired) electrons. The quantitative estimate of drug-likeness (QED) is 0.474. The van der Waals surface area contributed by atoms with Crippen molar-refractivity contribution in [3.05, 3.63) is 35.2 Å². The number of thiophene rings is 1. The van der Waals surface area contributed by atoms with Gasteiger partial charge in [-0.1, -0.05) is 12.1 Å². The first-order valence-corrected chi connectivity index (χ1v) is 6.25. The first kappa shape index (κ1) is 11.8. The second-order valence-electron chi connectivity index (χ2n) is 3.54. The van der Waals surface area contributed by atoms with Gasteiger partial charge in [0.05, 0.1) is 6.61 Å². The SMILES string of the molecule is CCOC(=O)CC(=O)c1cccc2sccc12. The largest absolute Gasteiger partial charge is 0.466 e. The molecule has 0 aliphatic rings. The average molecular weight is 248 g/mol. The molecule has 0 amide bonds. The van der Waals surface area contributed by atoms with Gasteiger partial charge in [-0.2, -0.15) is 0 Å². The summed E-state index contributed by atoms with van der Waals surface area (Å²) in [5.41, 5.74) is 0.594. The van der Waals surface area contributed by atoms with E-state index < -0.39 is 5.97 Å². The first-order chi connectivity index (χ1) is 8.22. The van der Waals surface area contributed by atoms with E-state index in [-0.39, 0.29) is 12.2 Å². The molecular weight excluding hydrogens is 236 g/mol. The average Bonchev–Trinajstić information content (AvgIpc) is 2.76. The summed E-state index contributed by atoms with van der Waals surface area (Å²) in [6.45, 7) is 2.02. The van der Waals surface area contributed by atoms with E-state index in [1.807, 2.05) is 23.6 Å². The van der Waals surface area contributed by atoms with Crippen LogP contribution in [-0.4, -0.2) is 18.4 Å². The third-order valence-electron chi connectivity index (χ3n) is 2.41. The maximum absolute atomic E-state index is 11.9. The lowest BCUT2D eigenvalue weighted by Gasteiger charge is -2.03. The molecule has 17 heavy (non-hydrogen) atoms. The molecule has 0 fully saturated rings. The van der Waals surface area contributed by atoms with Crippen molar-refractivity contribution in [2.24, 2.45) is 0 Å². The lowest BCUT2D eigenvalue weighted by Crippen LogP contribution is -2.11. The smallest absolute Gasteiger partial charge is 0.313 e. The van der Waals surface area contributed by atoms with Crippen molar-refractivity contribution in [2.75, 3.05) is 6.61 Å². The summed E-state index contributed by atoms with van der Waals surface area (Å²) in [6.07, 6.45) is -0.192. The summed E-state index contributed by atoms with van der Waals surface area (Å²) < 4.78 is 5.83. The Morgan fingerprint density at radius 3 is 2.88 bits per heavy atom. The summed E-state index contributed by atoms with van der Waals surface area (Å²) in [4.78, 5) is 23.2. The molecule has 0 N–H and O–H groups in total. The maximum atomic E-state index is 11.9. The Labute approximate surface area is 103 Å². The van der Waals surface area contributed by atoms with Crippen molar-refractivity contribution < 1.29 is 14.3 Å². The molecule has 1 aromatic carbocycles. The molecule has 4 heteroatoms. The van der Waals surface area contributed by atoms with Crippen LogP contribution in [0, 0.1) is 0 Å². The zero-order valence-corrected chi connectivity index (χ0v) is 10.3. The van der Waals surface area contributed by atoms with Crippen molar-refractivity contribution in [3.8, 4) is 0 Å². The minimum absolute atomic E-state index is 0.188. The van der Waals surface area contributed by atoms with Crippen molar-refractivity contribution in [3.63, 3.8) is 0 Å². The van der Waals surface area contributed by atoms with Crippen molar-refractivity contribution in [1.82, 2.24) is 0 Å². The molecule has 1 heterocycles. The zero-order chi connectivity index (χ0) is 12.3. The second-order valence-corrected chi connectivity index (χ2v) is 4.49. The third-order valence-corrected chi connectivity index (χ3v) is 3.29. The molecule has 0 saturated heterocycles. The molecule has 0 aliphatic carbocycles. The normalized spacial score (nSPS) is 10.4. The van der Waals surface area contributed by atoms with Crippen LogP contribution in [0.25, 0.3) is 10.1 Å². The number of carbonyl (C=O) groups excluding carboxylic acids is 2. The van der Waals surface area contributed by atoms with E-state index in [4.69, 9.17) is 4.74 Å². The number of Topliss-reactive ketones (excluding diaryl/α,β-unsaturated/α-hetero) is 1. The Balaban J connectivity index is 2.24. The summed E-state index contributed by atoms with van der Waals surface area (Å²) >= 11 is 1.58. The van der Waals surface area contributed by atoms with Gasteiger partial charge in [0.2, 0.25) is 0 Å². The van der Waals surface area contributed by atoms with Crippen LogP contribution in [0.15, 0.2) is 29.6 Å². The molecule has 2 rings (SSSR count). The highest BCUT2D eigenvalue weighted by molar-refractivity contribution is 7.17. The van der Waals surface area contributed by atoms with Crippen LogP contribution in [-0.2, 0) is 9.53 Å². The van der Waals surface area contributed by atoms with Crippen LogP contribution < -0.4 is 0 Å². The molecule has 3 nitrogen and oxygen atoms in total. The Morgan fingerprint density at radius 2 is 2.12 bits per heavy atom. The fraction of sp³-hybridized carbons (Fsp3) is 0.231. The molecule has 1 aromatic heterocycles. The number of hydrogen-bond donors (Lipinski definition) is 0. The molecular formula is C13H12O3S. The van der Waals surface area contributed by atoms with Gasteiger partial charge in [0.15, 0.2) is 5.78 Å². The van der Waals surface area contributed by atoms with Gasteiger partial charge in [-0.25, -0.2) is 0 Å². The van der Waals surface area contributed by atoms with E-state index in [9.17, 15) is 9.59 Å². The monoisotopic (exact) mass is 248 g/mol. The highest BCUT2D eigenvalue weighted by Crippen LogP contribution is 2.25. The summed E-state index contributed by atoms with van der Waals surface area (Å²) in [7, 11) is 0. The number of ether oxygens (including phenoxy) is 1. The second kappa shape index (κ2) is 5.10. The van der Waals surface area contributed by atoms with Crippen molar-refractivity contribution >= 4 is 33.2 Å². The van der Waals surface area contributed by atoms with Crippen LogP contribution >= 0.6 is 11.3 Å². The number of rotatable bonds is 4. The van der Waals surface area contributed by atoms with E-state index in [0.29, 0.717) is 12.2 Å². The predicted octanol–water partition coefficient (Wildman–Crippen LogP) is 3.04. The zero-order valence-electron chi connectivity index (χ0n) is 9.43. The molecule has 0 atom stereocenters. The number of carbonyl (C=O) groups is 2. The fourth-order valence-corrected chi connectivity index (χ4v) is 2.49. The number of benzene rings is 1. The number of hydrogen-bond acceptors (Lipinski definition) is 4. The van der Waals surface area contributed by atoms with E-state index in [0.717, 1.165) is 10.1 Å². The van der Waals surface area contributed by atoms with Crippen LogP contribution in [0.2, 0.25) is 0 Å². The minimum Gasteiger partial charge on any atom is -0.466 e. The Morgan fingerprint density at radius 1 is 1.29 bits per heavy atom. The molecule has 0 spiro atoms. The van der Waals surface area contributed by atoms with Crippen LogP contribution in [0.1, 0.15) is 23.7 Å². The maximum Gasteiger partial charge on any atom is 0.313 e. The summed E-state index contributed by atoms with van der Waals surface area (Å²) in [6, 6.07) is 7.44. The van der Waals surface area contributed by atoms with Gasteiger partial charge in [-0.05, 0) is 24.4 Å². The summed E-state index contributed by atoms with van der Waals surface area (Å²) in [5, 5.41) is 2.85. The highest BCUT2D eigenvalue weighted by Gasteiger charge is 2.15. The Hall–Kier alpha value is -1.68. The molecule has 0 saturated carbocycles. The molecule has 0 bridgehead atoms. The van der Waals surface area contributed by atoms with Gasteiger partial charge in [-0.3, -0.25) is 9.59 Å². The van der Waals surface area contributed by atoms with E-state index in [2.05, 4.69) is 0 Å². The number of esters is 1. The standard InChI is InChI=1S/C13H12O3S/c1-2-16-13(15)8-11(14)9-4-3-5-12-10(9)6-7-17-12/h3-7H,2,8H2,1H3. The van der Waals surface area contributed by atoms with Gasteiger partial charge in [-0.15, -0.1) is 11.3 Å². The minimum atomic E-state index is -0.468. The lowest BCUT2D eigenvalue weighted by atomic mass is 10.0. The van der Waals surface area contributed by atoms with Crippen molar-refractivity contribution in [2.45, 2.75) is 13.3 Å². The number of ketones is 1. The topological polar surface area (TPSA) is 43.4 Å². The van der Waals surface area contributed by atoms with Crippen LogP contribution in [0.3, 0.4) is 0 Å².